The standard InChI is InChI=1S/C20H22N2O3S2/c1-15-12-18(16(2)21(15)3)19(23)14-22(13-17-8-5-4-6-9-17)27(24,25)20-10-7-11-26-20/h4-12H,13-14H2,1-3H3. The SMILES string of the molecule is Cc1cc(C(=O)CN(Cc2ccccc2)S(=O)(=O)c2cccs2)c(C)n1C. The Bertz CT molecular complexity index is 1040. The number of nitrogens with zero attached hydrogens (tertiary/aromatic N) is 2. The largest absolute Gasteiger partial charge is 0.351 e. The molecule has 142 valence electrons. The highest BCUT2D eigenvalue weighted by Crippen LogP contribution is 2.24. The van der Waals surface area contributed by atoms with Gasteiger partial charge >= 0.3 is 0 Å². The third kappa shape index (κ3) is 4.05. The summed E-state index contributed by atoms with van der Waals surface area (Å²) in [7, 11) is -1.86. The van der Waals surface area contributed by atoms with Crippen LogP contribution in [0, 0.1) is 13.8 Å². The Labute approximate surface area is 163 Å². The Morgan fingerprint density at radius 1 is 1.11 bits per heavy atom. The molecule has 0 saturated heterocycles. The monoisotopic (exact) mass is 402 g/mol. The number of aromatic nitrogens is 1. The van der Waals surface area contributed by atoms with E-state index >= 15 is 0 Å². The van der Waals surface area contributed by atoms with Crippen molar-refractivity contribution in [2.24, 2.45) is 7.05 Å². The minimum atomic E-state index is -3.75. The van der Waals surface area contributed by atoms with Crippen molar-refractivity contribution in [1.82, 2.24) is 8.87 Å². The summed E-state index contributed by atoms with van der Waals surface area (Å²) in [6.07, 6.45) is 0. The predicted octanol–water partition coefficient (Wildman–Crippen LogP) is 3.78. The van der Waals surface area contributed by atoms with Crippen molar-refractivity contribution in [1.29, 1.82) is 0 Å². The van der Waals surface area contributed by atoms with Crippen LogP contribution in [-0.2, 0) is 23.6 Å². The maximum atomic E-state index is 13.1. The van der Waals surface area contributed by atoms with Crippen LogP contribution in [0.2, 0.25) is 0 Å². The van der Waals surface area contributed by atoms with Crippen LogP contribution in [0.4, 0.5) is 0 Å². The fourth-order valence-electron chi connectivity index (χ4n) is 2.93. The lowest BCUT2D eigenvalue weighted by Crippen LogP contribution is -2.35. The number of aryl methyl sites for hydroxylation is 1. The van der Waals surface area contributed by atoms with Gasteiger partial charge in [-0.1, -0.05) is 36.4 Å². The summed E-state index contributed by atoms with van der Waals surface area (Å²) >= 11 is 1.16. The number of hydrogen-bond donors (Lipinski definition) is 0. The Balaban J connectivity index is 1.94. The molecule has 0 atom stereocenters. The van der Waals surface area contributed by atoms with Crippen LogP contribution >= 0.6 is 11.3 Å². The first-order chi connectivity index (χ1) is 12.8. The van der Waals surface area contributed by atoms with Gasteiger partial charge in [0.25, 0.3) is 10.0 Å². The number of hydrogen-bond acceptors (Lipinski definition) is 4. The Morgan fingerprint density at radius 2 is 1.81 bits per heavy atom. The zero-order valence-corrected chi connectivity index (χ0v) is 17.2. The number of ketones is 1. The quantitative estimate of drug-likeness (QED) is 0.565. The summed E-state index contributed by atoms with van der Waals surface area (Å²) in [5.41, 5.74) is 3.21. The van der Waals surface area contributed by atoms with Gasteiger partial charge in [0.2, 0.25) is 0 Å². The van der Waals surface area contributed by atoms with Gasteiger partial charge in [0, 0.05) is 30.5 Å². The van der Waals surface area contributed by atoms with Crippen LogP contribution in [0.25, 0.3) is 0 Å². The number of benzene rings is 1. The lowest BCUT2D eigenvalue weighted by Gasteiger charge is -2.21. The van der Waals surface area contributed by atoms with E-state index in [4.69, 9.17) is 0 Å². The van der Waals surface area contributed by atoms with Gasteiger partial charge in [-0.25, -0.2) is 8.42 Å². The summed E-state index contributed by atoms with van der Waals surface area (Å²) in [6.45, 7) is 3.75. The molecule has 0 aliphatic rings. The molecule has 0 fully saturated rings. The molecule has 0 aliphatic carbocycles. The molecule has 0 aliphatic heterocycles. The van der Waals surface area contributed by atoms with Crippen molar-refractivity contribution in [3.05, 3.63) is 76.4 Å². The van der Waals surface area contributed by atoms with E-state index in [1.807, 2.05) is 61.9 Å². The highest BCUT2D eigenvalue weighted by Gasteiger charge is 2.29. The van der Waals surface area contributed by atoms with Gasteiger partial charge in [-0.05, 0) is 36.9 Å². The maximum Gasteiger partial charge on any atom is 0.253 e. The second-order valence-electron chi connectivity index (χ2n) is 6.46. The first kappa shape index (κ1) is 19.5. The molecule has 5 nitrogen and oxygen atoms in total. The predicted molar refractivity (Wildman–Crippen MR) is 108 cm³/mol. The normalized spacial score (nSPS) is 11.9. The van der Waals surface area contributed by atoms with Crippen LogP contribution in [0.3, 0.4) is 0 Å². The maximum absolute atomic E-state index is 13.1. The summed E-state index contributed by atoms with van der Waals surface area (Å²) in [5.74, 6) is -0.202. The van der Waals surface area contributed by atoms with E-state index in [2.05, 4.69) is 0 Å². The molecule has 2 aromatic heterocycles. The molecular weight excluding hydrogens is 380 g/mol. The summed E-state index contributed by atoms with van der Waals surface area (Å²) in [6, 6.07) is 14.4. The van der Waals surface area contributed by atoms with Crippen molar-refractivity contribution in [3.63, 3.8) is 0 Å². The number of thiophene rings is 1. The molecule has 27 heavy (non-hydrogen) atoms. The van der Waals surface area contributed by atoms with E-state index in [9.17, 15) is 13.2 Å². The molecule has 0 N–H and O–H groups in total. The molecular formula is C20H22N2O3S2. The lowest BCUT2D eigenvalue weighted by molar-refractivity contribution is 0.0964. The lowest BCUT2D eigenvalue weighted by atomic mass is 10.1. The minimum absolute atomic E-state index is 0.150. The van der Waals surface area contributed by atoms with Gasteiger partial charge in [-0.3, -0.25) is 4.79 Å². The van der Waals surface area contributed by atoms with E-state index in [1.165, 1.54) is 4.31 Å². The molecule has 0 spiro atoms. The van der Waals surface area contributed by atoms with Gasteiger partial charge in [-0.15, -0.1) is 11.3 Å². The Morgan fingerprint density at radius 3 is 2.37 bits per heavy atom. The molecule has 0 bridgehead atoms. The molecule has 3 rings (SSSR count). The van der Waals surface area contributed by atoms with Gasteiger partial charge in [0.1, 0.15) is 4.21 Å². The summed E-state index contributed by atoms with van der Waals surface area (Å²) in [4.78, 5) is 12.9. The summed E-state index contributed by atoms with van der Waals surface area (Å²) < 4.78 is 29.6. The van der Waals surface area contributed by atoms with E-state index < -0.39 is 10.0 Å². The van der Waals surface area contributed by atoms with Crippen LogP contribution in [0.5, 0.6) is 0 Å². The molecule has 7 heteroatoms. The third-order valence-electron chi connectivity index (χ3n) is 4.69. The zero-order valence-electron chi connectivity index (χ0n) is 15.5. The molecule has 2 heterocycles. The number of rotatable bonds is 7. The molecule has 3 aromatic rings. The number of carbonyl (C=O) groups is 1. The van der Waals surface area contributed by atoms with Crippen LogP contribution in [-0.4, -0.2) is 29.6 Å². The average Bonchev–Trinajstić information content (AvgIpc) is 3.27. The molecule has 0 saturated carbocycles. The summed E-state index contributed by atoms with van der Waals surface area (Å²) in [5, 5.41) is 1.72. The Hall–Kier alpha value is -2.22. The van der Waals surface area contributed by atoms with Crippen molar-refractivity contribution >= 4 is 27.1 Å². The second kappa shape index (κ2) is 7.80. The second-order valence-corrected chi connectivity index (χ2v) is 9.57. The van der Waals surface area contributed by atoms with E-state index in [0.29, 0.717) is 5.56 Å². The van der Waals surface area contributed by atoms with Crippen LogP contribution in [0.15, 0.2) is 58.1 Å². The topological polar surface area (TPSA) is 59.4 Å². The molecule has 0 unspecified atom stereocenters. The molecule has 1 aromatic carbocycles. The third-order valence-corrected chi connectivity index (χ3v) is 7.85. The van der Waals surface area contributed by atoms with E-state index in [0.717, 1.165) is 28.3 Å². The van der Waals surface area contributed by atoms with Crippen molar-refractivity contribution in [2.75, 3.05) is 6.54 Å². The van der Waals surface area contributed by atoms with E-state index in [1.54, 1.807) is 17.5 Å². The minimum Gasteiger partial charge on any atom is -0.351 e. The molecule has 0 radical (unpaired) electrons. The van der Waals surface area contributed by atoms with E-state index in [-0.39, 0.29) is 23.1 Å². The van der Waals surface area contributed by atoms with Gasteiger partial charge in [0.15, 0.2) is 5.78 Å². The van der Waals surface area contributed by atoms with Gasteiger partial charge in [-0.2, -0.15) is 4.31 Å². The highest BCUT2D eigenvalue weighted by molar-refractivity contribution is 7.91. The van der Waals surface area contributed by atoms with Gasteiger partial charge < -0.3 is 4.57 Å². The number of sulfonamides is 1. The van der Waals surface area contributed by atoms with Crippen LogP contribution < -0.4 is 0 Å². The molecule has 0 amide bonds. The first-order valence-corrected chi connectivity index (χ1v) is 10.9. The average molecular weight is 403 g/mol. The van der Waals surface area contributed by atoms with Crippen molar-refractivity contribution in [2.45, 2.75) is 24.6 Å². The van der Waals surface area contributed by atoms with Gasteiger partial charge in [0.05, 0.1) is 6.54 Å². The highest BCUT2D eigenvalue weighted by atomic mass is 32.2. The fraction of sp³-hybridized carbons (Fsp3) is 0.250. The van der Waals surface area contributed by atoms with Crippen molar-refractivity contribution < 1.29 is 13.2 Å². The zero-order chi connectivity index (χ0) is 19.6. The number of carbonyl (C=O) groups excluding carboxylic acids is 1. The number of Topliss-reactive ketones (excluding diaryl/α,β-unsaturated/α-hetero) is 1. The van der Waals surface area contributed by atoms with Crippen molar-refractivity contribution in [3.8, 4) is 0 Å². The smallest absolute Gasteiger partial charge is 0.253 e. The Kier molecular flexibility index (Phi) is 5.64. The fourth-order valence-corrected chi connectivity index (χ4v) is 5.46. The first-order valence-electron chi connectivity index (χ1n) is 8.54. The van der Waals surface area contributed by atoms with Crippen LogP contribution in [0.1, 0.15) is 27.3 Å².